The highest BCUT2D eigenvalue weighted by molar-refractivity contribution is 5.99. The summed E-state index contributed by atoms with van der Waals surface area (Å²) in [6.07, 6.45) is -0.574. The van der Waals surface area contributed by atoms with E-state index >= 15 is 0 Å². The van der Waals surface area contributed by atoms with Gasteiger partial charge in [0.15, 0.2) is 11.5 Å². The summed E-state index contributed by atoms with van der Waals surface area (Å²) in [6.45, 7) is 0.184. The molecular weight excluding hydrogens is 407 g/mol. The first-order chi connectivity index (χ1) is 14.9. The molecule has 31 heavy (non-hydrogen) atoms. The number of carbonyl (C=O) groups is 3. The number of carbonyl (C=O) groups excluding carboxylic acids is 3. The first-order valence-electron chi connectivity index (χ1n) is 9.73. The predicted molar refractivity (Wildman–Crippen MR) is 106 cm³/mol. The fraction of sp³-hybridized carbons (Fsp3) is 0.318. The van der Waals surface area contributed by atoms with Crippen molar-refractivity contribution in [3.63, 3.8) is 0 Å². The molecule has 0 saturated carbocycles. The summed E-state index contributed by atoms with van der Waals surface area (Å²) in [5.74, 6) is -1.10. The van der Waals surface area contributed by atoms with Crippen molar-refractivity contribution in [1.82, 2.24) is 10.2 Å². The molecule has 2 atom stereocenters. The number of hydrogen-bond acceptors (Lipinski definition) is 6. The molecule has 0 bridgehead atoms. The van der Waals surface area contributed by atoms with Crippen molar-refractivity contribution >= 4 is 17.8 Å². The van der Waals surface area contributed by atoms with Crippen LogP contribution in [-0.4, -0.2) is 42.9 Å². The van der Waals surface area contributed by atoms with Crippen molar-refractivity contribution < 1.29 is 33.0 Å². The zero-order chi connectivity index (χ0) is 22.1. The second kappa shape index (κ2) is 8.25. The number of cyclic esters (lactones) is 1. The number of nitrogens with zero attached hydrogens (tertiary/aromatic N) is 1. The Morgan fingerprint density at radius 3 is 2.58 bits per heavy atom. The highest BCUT2D eigenvalue weighted by atomic mass is 19.1. The van der Waals surface area contributed by atoms with E-state index in [-0.39, 0.29) is 41.9 Å². The molecule has 1 fully saturated rings. The van der Waals surface area contributed by atoms with E-state index in [9.17, 15) is 18.8 Å². The topological polar surface area (TPSA) is 94.2 Å². The molecule has 162 valence electrons. The summed E-state index contributed by atoms with van der Waals surface area (Å²) in [4.78, 5) is 39.4. The van der Waals surface area contributed by atoms with Gasteiger partial charge in [0.2, 0.25) is 18.0 Å². The number of esters is 1. The average Bonchev–Trinajstić information content (AvgIpc) is 3.32. The van der Waals surface area contributed by atoms with Crippen LogP contribution in [0.25, 0.3) is 0 Å². The quantitative estimate of drug-likeness (QED) is 0.710. The minimum atomic E-state index is -1.03. The monoisotopic (exact) mass is 428 g/mol. The van der Waals surface area contributed by atoms with Gasteiger partial charge in [0.1, 0.15) is 17.4 Å². The molecule has 2 aliphatic heterocycles. The number of amides is 2. The van der Waals surface area contributed by atoms with Gasteiger partial charge >= 0.3 is 5.97 Å². The standard InChI is InChI=1S/C22H21FN2O6/c1-29-16-9-7-14-18(19(16)30-2)22(28)31-21(14)25-15(8-10-17(25)26)20(27)24-11-12-3-5-13(23)6-4-12/h3-7,9,15,21H,8,10-11H2,1-2H3,(H,24,27)/t15-,21-/m0/s1. The summed E-state index contributed by atoms with van der Waals surface area (Å²) in [5.41, 5.74) is 1.34. The fourth-order valence-corrected chi connectivity index (χ4v) is 3.95. The molecule has 2 amide bonds. The normalized spacial score (nSPS) is 19.8. The van der Waals surface area contributed by atoms with Crippen LogP contribution in [-0.2, 0) is 20.9 Å². The zero-order valence-corrected chi connectivity index (χ0v) is 17.0. The minimum Gasteiger partial charge on any atom is -0.493 e. The molecule has 8 nitrogen and oxygen atoms in total. The Balaban J connectivity index is 1.57. The van der Waals surface area contributed by atoms with Crippen LogP contribution in [0.4, 0.5) is 4.39 Å². The van der Waals surface area contributed by atoms with E-state index < -0.39 is 18.2 Å². The molecule has 4 rings (SSSR count). The predicted octanol–water partition coefficient (Wildman–Crippen LogP) is 2.32. The van der Waals surface area contributed by atoms with Gasteiger partial charge in [0.25, 0.3) is 0 Å². The number of rotatable bonds is 6. The van der Waals surface area contributed by atoms with Gasteiger partial charge in [-0.05, 0) is 36.2 Å². The summed E-state index contributed by atoms with van der Waals surface area (Å²) in [7, 11) is 2.86. The van der Waals surface area contributed by atoms with Gasteiger partial charge in [-0.15, -0.1) is 0 Å². The maximum absolute atomic E-state index is 13.1. The minimum absolute atomic E-state index is 0.158. The maximum atomic E-state index is 13.1. The van der Waals surface area contributed by atoms with Crippen LogP contribution in [0, 0.1) is 5.82 Å². The fourth-order valence-electron chi connectivity index (χ4n) is 3.95. The Morgan fingerprint density at radius 2 is 1.90 bits per heavy atom. The van der Waals surface area contributed by atoms with Crippen LogP contribution in [0.5, 0.6) is 11.5 Å². The number of ether oxygens (including phenoxy) is 3. The molecule has 0 aromatic heterocycles. The van der Waals surface area contributed by atoms with Crippen molar-refractivity contribution in [2.75, 3.05) is 14.2 Å². The van der Waals surface area contributed by atoms with Crippen LogP contribution in [0.2, 0.25) is 0 Å². The summed E-state index contributed by atoms with van der Waals surface area (Å²) in [5, 5.41) is 2.77. The molecular formula is C22H21FN2O6. The Hall–Kier alpha value is -3.62. The second-order valence-corrected chi connectivity index (χ2v) is 7.22. The van der Waals surface area contributed by atoms with Crippen LogP contribution in [0.15, 0.2) is 36.4 Å². The molecule has 0 spiro atoms. The number of hydrogen-bond donors (Lipinski definition) is 1. The van der Waals surface area contributed by atoms with Gasteiger partial charge in [0, 0.05) is 18.5 Å². The van der Waals surface area contributed by atoms with Gasteiger partial charge < -0.3 is 19.5 Å². The molecule has 9 heteroatoms. The van der Waals surface area contributed by atoms with E-state index in [1.165, 1.54) is 31.3 Å². The first kappa shape index (κ1) is 20.6. The third-order valence-electron chi connectivity index (χ3n) is 5.46. The Bertz CT molecular complexity index is 1040. The van der Waals surface area contributed by atoms with E-state index in [1.54, 1.807) is 24.3 Å². The molecule has 0 radical (unpaired) electrons. The molecule has 1 N–H and O–H groups in total. The third kappa shape index (κ3) is 3.67. The van der Waals surface area contributed by atoms with E-state index in [0.29, 0.717) is 17.7 Å². The van der Waals surface area contributed by atoms with Crippen LogP contribution in [0.1, 0.15) is 40.6 Å². The van der Waals surface area contributed by atoms with E-state index in [1.807, 2.05) is 0 Å². The summed E-state index contributed by atoms with van der Waals surface area (Å²) in [6, 6.07) is 8.21. The number of benzene rings is 2. The number of halogens is 1. The van der Waals surface area contributed by atoms with Crippen molar-refractivity contribution in [1.29, 1.82) is 0 Å². The van der Waals surface area contributed by atoms with Crippen molar-refractivity contribution in [2.45, 2.75) is 31.7 Å². The Kier molecular flexibility index (Phi) is 5.50. The SMILES string of the molecule is COc1ccc2c(c1OC)C(=O)O[C@@H]2N1C(=O)CC[C@H]1C(=O)NCc1ccc(F)cc1. The van der Waals surface area contributed by atoms with E-state index in [2.05, 4.69) is 5.32 Å². The lowest BCUT2D eigenvalue weighted by Crippen LogP contribution is -2.46. The van der Waals surface area contributed by atoms with Gasteiger partial charge in [0.05, 0.1) is 14.2 Å². The number of methoxy groups -OCH3 is 2. The van der Waals surface area contributed by atoms with Gasteiger partial charge in [-0.3, -0.25) is 14.5 Å². The highest BCUT2D eigenvalue weighted by Crippen LogP contribution is 2.45. The molecule has 0 aliphatic carbocycles. The smallest absolute Gasteiger partial charge is 0.344 e. The summed E-state index contributed by atoms with van der Waals surface area (Å²) >= 11 is 0. The molecule has 1 saturated heterocycles. The van der Waals surface area contributed by atoms with Gasteiger partial charge in [-0.1, -0.05) is 12.1 Å². The van der Waals surface area contributed by atoms with Crippen molar-refractivity contribution in [3.05, 3.63) is 58.9 Å². The molecule has 2 aromatic carbocycles. The molecule has 0 unspecified atom stereocenters. The van der Waals surface area contributed by atoms with E-state index in [0.717, 1.165) is 5.56 Å². The van der Waals surface area contributed by atoms with Gasteiger partial charge in [-0.2, -0.15) is 0 Å². The Morgan fingerprint density at radius 1 is 1.16 bits per heavy atom. The number of fused-ring (bicyclic) bond motifs is 1. The lowest BCUT2D eigenvalue weighted by molar-refractivity contribution is -0.145. The third-order valence-corrected chi connectivity index (χ3v) is 5.46. The van der Waals surface area contributed by atoms with Crippen LogP contribution >= 0.6 is 0 Å². The van der Waals surface area contributed by atoms with Crippen molar-refractivity contribution in [2.24, 2.45) is 0 Å². The number of nitrogens with one attached hydrogen (secondary N) is 1. The highest BCUT2D eigenvalue weighted by Gasteiger charge is 2.47. The summed E-state index contributed by atoms with van der Waals surface area (Å²) < 4.78 is 29.1. The average molecular weight is 428 g/mol. The molecule has 2 aromatic rings. The van der Waals surface area contributed by atoms with Crippen LogP contribution < -0.4 is 14.8 Å². The largest absolute Gasteiger partial charge is 0.493 e. The maximum Gasteiger partial charge on any atom is 0.344 e. The first-order valence-corrected chi connectivity index (χ1v) is 9.73. The molecule has 2 aliphatic rings. The number of likely N-dealkylation sites (tertiary alicyclic amines) is 1. The van der Waals surface area contributed by atoms with E-state index in [4.69, 9.17) is 14.2 Å². The zero-order valence-electron chi connectivity index (χ0n) is 17.0. The lowest BCUT2D eigenvalue weighted by Gasteiger charge is -2.29. The lowest BCUT2D eigenvalue weighted by atomic mass is 10.1. The van der Waals surface area contributed by atoms with Crippen molar-refractivity contribution in [3.8, 4) is 11.5 Å². The van der Waals surface area contributed by atoms with Gasteiger partial charge in [-0.25, -0.2) is 9.18 Å². The Labute approximate surface area is 177 Å². The van der Waals surface area contributed by atoms with Crippen LogP contribution in [0.3, 0.4) is 0 Å². The molecule has 2 heterocycles. The second-order valence-electron chi connectivity index (χ2n) is 7.22.